The molecule has 9 nitrogen and oxygen atoms in total. The number of nitriles is 1. The average molecular weight is 646 g/mol. The molecule has 224 valence electrons. The number of benzene rings is 3. The summed E-state index contributed by atoms with van der Waals surface area (Å²) in [5, 5.41) is 15.2. The van der Waals surface area contributed by atoms with E-state index in [2.05, 4.69) is 21.4 Å². The van der Waals surface area contributed by atoms with Gasteiger partial charge in [0.2, 0.25) is 0 Å². The molecule has 0 fully saturated rings. The molecule has 1 N–H and O–H groups in total. The summed E-state index contributed by atoms with van der Waals surface area (Å²) < 4.78 is 37.6. The molecule has 0 spiro atoms. The van der Waals surface area contributed by atoms with Crippen LogP contribution in [0.1, 0.15) is 23.1 Å². The van der Waals surface area contributed by atoms with E-state index in [1.807, 2.05) is 61.2 Å². The van der Waals surface area contributed by atoms with Crippen molar-refractivity contribution in [3.63, 3.8) is 0 Å². The minimum absolute atomic E-state index is 0.0119. The topological polar surface area (TPSA) is 119 Å². The fourth-order valence-electron chi connectivity index (χ4n) is 4.33. The van der Waals surface area contributed by atoms with Crippen molar-refractivity contribution in [1.29, 1.82) is 5.26 Å². The van der Waals surface area contributed by atoms with Gasteiger partial charge in [-0.25, -0.2) is 4.98 Å². The van der Waals surface area contributed by atoms with Crippen molar-refractivity contribution in [2.45, 2.75) is 28.3 Å². The van der Waals surface area contributed by atoms with E-state index in [1.54, 1.807) is 31.5 Å². The molecule has 2 heterocycles. The van der Waals surface area contributed by atoms with E-state index < -0.39 is 10.1 Å². The molecule has 0 aliphatic carbocycles. The molecule has 0 aliphatic heterocycles. The SMILES string of the molecule is COc1cc2c(Nc3ccc(Sc4nccn4C)c(Cl)c3)c(C#N)cnc2cc1C=CCCOS(=O)(=O)c1ccc(C)cc1. The van der Waals surface area contributed by atoms with Crippen molar-refractivity contribution in [3.05, 3.63) is 101 Å². The van der Waals surface area contributed by atoms with Gasteiger partial charge in [-0.05, 0) is 55.8 Å². The van der Waals surface area contributed by atoms with Gasteiger partial charge in [-0.15, -0.1) is 0 Å². The minimum atomic E-state index is -3.84. The zero-order valence-corrected chi connectivity index (χ0v) is 26.5. The lowest BCUT2D eigenvalue weighted by atomic mass is 10.0. The van der Waals surface area contributed by atoms with E-state index in [0.717, 1.165) is 21.2 Å². The lowest BCUT2D eigenvalue weighted by Gasteiger charge is -2.15. The number of anilines is 2. The van der Waals surface area contributed by atoms with E-state index in [0.29, 0.717) is 45.0 Å². The van der Waals surface area contributed by atoms with Crippen LogP contribution in [0.4, 0.5) is 11.4 Å². The predicted molar refractivity (Wildman–Crippen MR) is 173 cm³/mol. The largest absolute Gasteiger partial charge is 0.496 e. The highest BCUT2D eigenvalue weighted by atomic mass is 35.5. The molecule has 2 aromatic heterocycles. The molecule has 0 atom stereocenters. The highest BCUT2D eigenvalue weighted by Crippen LogP contribution is 2.37. The number of nitrogens with one attached hydrogen (secondary N) is 1. The lowest BCUT2D eigenvalue weighted by Crippen LogP contribution is -2.07. The van der Waals surface area contributed by atoms with E-state index in [4.69, 9.17) is 20.5 Å². The Kier molecular flexibility index (Phi) is 9.56. The molecular formula is C32H28ClN5O4S2. The van der Waals surface area contributed by atoms with Crippen LogP contribution in [0.25, 0.3) is 17.0 Å². The zero-order chi connectivity index (χ0) is 31.3. The van der Waals surface area contributed by atoms with Crippen LogP contribution in [-0.2, 0) is 21.3 Å². The van der Waals surface area contributed by atoms with Gasteiger partial charge in [0, 0.05) is 47.2 Å². The molecule has 0 bridgehead atoms. The first kappa shape index (κ1) is 31.1. The van der Waals surface area contributed by atoms with E-state index in [-0.39, 0.29) is 11.5 Å². The van der Waals surface area contributed by atoms with Crippen LogP contribution < -0.4 is 10.1 Å². The molecule has 0 amide bonds. The second-order valence-electron chi connectivity index (χ2n) is 9.74. The van der Waals surface area contributed by atoms with Gasteiger partial charge in [0.1, 0.15) is 11.8 Å². The summed E-state index contributed by atoms with van der Waals surface area (Å²) in [7, 11) is -0.359. The van der Waals surface area contributed by atoms with Gasteiger partial charge in [0.15, 0.2) is 5.16 Å². The first-order valence-corrected chi connectivity index (χ1v) is 16.0. The highest BCUT2D eigenvalue weighted by molar-refractivity contribution is 7.99. The average Bonchev–Trinajstić information content (AvgIpc) is 3.42. The summed E-state index contributed by atoms with van der Waals surface area (Å²) >= 11 is 8.07. The summed E-state index contributed by atoms with van der Waals surface area (Å²) in [4.78, 5) is 9.80. The fourth-order valence-corrected chi connectivity index (χ4v) is 6.35. The van der Waals surface area contributed by atoms with E-state index in [9.17, 15) is 13.7 Å². The fraction of sp³-hybridized carbons (Fsp3) is 0.156. The number of ether oxygens (including phenoxy) is 1. The monoisotopic (exact) mass is 645 g/mol. The third-order valence-electron chi connectivity index (χ3n) is 6.65. The van der Waals surface area contributed by atoms with Crippen molar-refractivity contribution in [2.75, 3.05) is 19.0 Å². The van der Waals surface area contributed by atoms with Crippen LogP contribution in [0, 0.1) is 18.3 Å². The van der Waals surface area contributed by atoms with E-state index in [1.165, 1.54) is 30.1 Å². The van der Waals surface area contributed by atoms with Crippen LogP contribution in [0.15, 0.2) is 94.2 Å². The Balaban J connectivity index is 1.34. The Labute approximate surface area is 265 Å². The Hall–Kier alpha value is -4.34. The molecule has 44 heavy (non-hydrogen) atoms. The number of pyridine rings is 1. The second kappa shape index (κ2) is 13.5. The smallest absolute Gasteiger partial charge is 0.296 e. The maximum absolute atomic E-state index is 12.4. The van der Waals surface area contributed by atoms with E-state index >= 15 is 0 Å². The van der Waals surface area contributed by atoms with Gasteiger partial charge in [-0.3, -0.25) is 9.17 Å². The predicted octanol–water partition coefficient (Wildman–Crippen LogP) is 7.51. The maximum Gasteiger partial charge on any atom is 0.296 e. The Morgan fingerprint density at radius 1 is 1.14 bits per heavy atom. The van der Waals surface area contributed by atoms with Crippen molar-refractivity contribution in [1.82, 2.24) is 14.5 Å². The summed E-state index contributed by atoms with van der Waals surface area (Å²) in [5.74, 6) is 0.557. The quantitative estimate of drug-likeness (QED) is 0.115. The summed E-state index contributed by atoms with van der Waals surface area (Å²) in [5.41, 5.74) is 3.97. The van der Waals surface area contributed by atoms with Gasteiger partial charge in [-0.1, -0.05) is 53.2 Å². The van der Waals surface area contributed by atoms with Gasteiger partial charge < -0.3 is 14.6 Å². The number of halogens is 1. The number of hydrogen-bond acceptors (Lipinski definition) is 9. The molecule has 5 rings (SSSR count). The third-order valence-corrected chi connectivity index (χ3v) is 9.55. The summed E-state index contributed by atoms with van der Waals surface area (Å²) in [6.07, 6.45) is 9.11. The van der Waals surface area contributed by atoms with Crippen LogP contribution in [0.2, 0.25) is 5.02 Å². The van der Waals surface area contributed by atoms with Gasteiger partial charge >= 0.3 is 0 Å². The zero-order valence-electron chi connectivity index (χ0n) is 24.1. The lowest BCUT2D eigenvalue weighted by molar-refractivity contribution is 0.325. The van der Waals surface area contributed by atoms with Crippen molar-refractivity contribution in [3.8, 4) is 11.8 Å². The van der Waals surface area contributed by atoms with Gasteiger partial charge in [-0.2, -0.15) is 13.7 Å². The maximum atomic E-state index is 12.4. The standard InChI is InChI=1S/C32H28ClN5O4S2/c1-21-7-10-25(11-8-21)44(39,40)42-15-5-4-6-22-16-28-26(18-29(22)41-3)31(23(19-34)20-36-28)37-24-9-12-30(27(33)17-24)43-32-35-13-14-38(32)2/h4,6-14,16-18,20H,5,15H2,1-3H3,(H,36,37). The van der Waals surface area contributed by atoms with Crippen molar-refractivity contribution in [2.24, 2.45) is 7.05 Å². The van der Waals surface area contributed by atoms with Gasteiger partial charge in [0.25, 0.3) is 10.1 Å². The molecule has 12 heteroatoms. The highest BCUT2D eigenvalue weighted by Gasteiger charge is 2.16. The van der Waals surface area contributed by atoms with Crippen LogP contribution >= 0.6 is 23.4 Å². The number of aryl methyl sites for hydroxylation is 2. The number of hydrogen-bond donors (Lipinski definition) is 1. The second-order valence-corrected chi connectivity index (χ2v) is 12.8. The Morgan fingerprint density at radius 2 is 1.93 bits per heavy atom. The van der Waals surface area contributed by atoms with Crippen molar-refractivity contribution >= 4 is 61.8 Å². The molecule has 0 saturated carbocycles. The molecule has 0 saturated heterocycles. The molecule has 0 unspecified atom stereocenters. The number of aromatic nitrogens is 3. The number of fused-ring (bicyclic) bond motifs is 1. The van der Waals surface area contributed by atoms with Crippen molar-refractivity contribution < 1.29 is 17.3 Å². The third kappa shape index (κ3) is 7.06. The van der Waals surface area contributed by atoms with Crippen LogP contribution in [0.5, 0.6) is 5.75 Å². The molecular weight excluding hydrogens is 618 g/mol. The molecule has 0 radical (unpaired) electrons. The minimum Gasteiger partial charge on any atom is -0.496 e. The molecule has 0 aliphatic rings. The number of methoxy groups -OCH3 is 1. The Morgan fingerprint density at radius 3 is 2.61 bits per heavy atom. The number of rotatable bonds is 11. The van der Waals surface area contributed by atoms with Crippen LogP contribution in [0.3, 0.4) is 0 Å². The molecule has 3 aromatic carbocycles. The first-order chi connectivity index (χ1) is 21.2. The van der Waals surface area contributed by atoms with Gasteiger partial charge in [0.05, 0.1) is 40.4 Å². The normalized spacial score (nSPS) is 11.6. The number of nitrogens with zero attached hydrogens (tertiary/aromatic N) is 4. The Bertz CT molecular complexity index is 2000. The molecule has 5 aromatic rings. The number of imidazole rings is 1. The summed E-state index contributed by atoms with van der Waals surface area (Å²) in [6, 6.07) is 18.0. The first-order valence-electron chi connectivity index (χ1n) is 13.4. The van der Waals surface area contributed by atoms with Crippen LogP contribution in [-0.4, -0.2) is 36.7 Å². The summed E-state index contributed by atoms with van der Waals surface area (Å²) in [6.45, 7) is 1.87.